The number of benzene rings is 1. The topological polar surface area (TPSA) is 29.3 Å². The Kier molecular flexibility index (Phi) is 3.38. The molecule has 2 nitrogen and oxygen atoms in total. The van der Waals surface area contributed by atoms with E-state index < -0.39 is 0 Å². The summed E-state index contributed by atoms with van der Waals surface area (Å²) in [5.74, 6) is 0. The van der Waals surface area contributed by atoms with E-state index >= 15 is 0 Å². The predicted molar refractivity (Wildman–Crippen MR) is 71.2 cm³/mol. The lowest BCUT2D eigenvalue weighted by atomic mass is 9.73. The second-order valence-electron chi connectivity index (χ2n) is 5.05. The molecule has 0 amide bonds. The Morgan fingerprint density at radius 2 is 2.06 bits per heavy atom. The van der Waals surface area contributed by atoms with Crippen molar-refractivity contribution in [2.75, 3.05) is 14.1 Å². The van der Waals surface area contributed by atoms with Crippen molar-refractivity contribution in [2.24, 2.45) is 5.73 Å². The number of nitrogens with zero attached hydrogens (tertiary/aromatic N) is 1. The summed E-state index contributed by atoms with van der Waals surface area (Å²) >= 11 is 3.64. The highest BCUT2D eigenvalue weighted by molar-refractivity contribution is 9.10. The van der Waals surface area contributed by atoms with E-state index in [4.69, 9.17) is 5.73 Å². The van der Waals surface area contributed by atoms with Crippen molar-refractivity contribution in [3.05, 3.63) is 33.8 Å². The van der Waals surface area contributed by atoms with Crippen molar-refractivity contribution in [3.8, 4) is 0 Å². The molecular formula is C13H19BrN2. The Morgan fingerprint density at radius 1 is 1.38 bits per heavy atom. The first-order chi connectivity index (χ1) is 7.51. The average Bonchev–Trinajstić information content (AvgIpc) is 2.17. The van der Waals surface area contributed by atoms with Gasteiger partial charge < -0.3 is 10.6 Å². The molecule has 0 bridgehead atoms. The largest absolute Gasteiger partial charge is 0.321 e. The van der Waals surface area contributed by atoms with Crippen molar-refractivity contribution >= 4 is 15.9 Å². The Bertz CT molecular complexity index is 384. The quantitative estimate of drug-likeness (QED) is 0.924. The van der Waals surface area contributed by atoms with Gasteiger partial charge in [-0.15, -0.1) is 0 Å². The fourth-order valence-electron chi connectivity index (χ4n) is 2.17. The van der Waals surface area contributed by atoms with E-state index in [2.05, 4.69) is 53.1 Å². The van der Waals surface area contributed by atoms with Gasteiger partial charge in [-0.1, -0.05) is 28.1 Å². The van der Waals surface area contributed by atoms with Gasteiger partial charge in [-0.2, -0.15) is 0 Å². The van der Waals surface area contributed by atoms with Gasteiger partial charge in [0.1, 0.15) is 0 Å². The van der Waals surface area contributed by atoms with Crippen LogP contribution in [0.2, 0.25) is 0 Å². The van der Waals surface area contributed by atoms with Crippen molar-refractivity contribution < 1.29 is 0 Å². The lowest BCUT2D eigenvalue weighted by molar-refractivity contribution is 0.253. The number of hydrogen-bond acceptors (Lipinski definition) is 2. The van der Waals surface area contributed by atoms with Gasteiger partial charge in [-0.3, -0.25) is 0 Å². The van der Waals surface area contributed by atoms with Crippen molar-refractivity contribution in [2.45, 2.75) is 31.3 Å². The molecule has 1 fully saturated rings. The standard InChI is InChI=1S/C13H19BrN2/c1-16(2)9-10-4-5-11(8-12(10)14)13(15)6-3-7-13/h4-5,8H,3,6-7,9,15H2,1-2H3. The van der Waals surface area contributed by atoms with Crippen molar-refractivity contribution in [3.63, 3.8) is 0 Å². The zero-order valence-electron chi connectivity index (χ0n) is 9.96. The van der Waals surface area contributed by atoms with Crippen LogP contribution in [0.1, 0.15) is 30.4 Å². The van der Waals surface area contributed by atoms with Crippen LogP contribution in [0.5, 0.6) is 0 Å². The fraction of sp³-hybridized carbons (Fsp3) is 0.538. The van der Waals surface area contributed by atoms with Crippen LogP contribution >= 0.6 is 15.9 Å². The van der Waals surface area contributed by atoms with Gasteiger partial charge in [0, 0.05) is 16.6 Å². The number of halogens is 1. The van der Waals surface area contributed by atoms with Crippen LogP contribution in [0.4, 0.5) is 0 Å². The highest BCUT2D eigenvalue weighted by atomic mass is 79.9. The van der Waals surface area contributed by atoms with E-state index in [1.54, 1.807) is 0 Å². The maximum Gasteiger partial charge on any atom is 0.0410 e. The second kappa shape index (κ2) is 4.47. The van der Waals surface area contributed by atoms with Crippen LogP contribution in [-0.2, 0) is 12.1 Å². The summed E-state index contributed by atoms with van der Waals surface area (Å²) in [5.41, 5.74) is 8.84. The SMILES string of the molecule is CN(C)Cc1ccc(C2(N)CCC2)cc1Br. The molecule has 2 N–H and O–H groups in total. The molecule has 1 aliphatic carbocycles. The van der Waals surface area contributed by atoms with Crippen LogP contribution in [0.3, 0.4) is 0 Å². The van der Waals surface area contributed by atoms with Crippen LogP contribution in [0.15, 0.2) is 22.7 Å². The van der Waals surface area contributed by atoms with Crippen LogP contribution in [0, 0.1) is 0 Å². The van der Waals surface area contributed by atoms with E-state index in [9.17, 15) is 0 Å². The van der Waals surface area contributed by atoms with Crippen molar-refractivity contribution in [1.82, 2.24) is 4.90 Å². The zero-order valence-corrected chi connectivity index (χ0v) is 11.5. The molecule has 16 heavy (non-hydrogen) atoms. The molecule has 1 aromatic carbocycles. The van der Waals surface area contributed by atoms with Gasteiger partial charge in [-0.05, 0) is 50.6 Å². The average molecular weight is 283 g/mol. The maximum atomic E-state index is 6.31. The van der Waals surface area contributed by atoms with Gasteiger partial charge in [0.15, 0.2) is 0 Å². The van der Waals surface area contributed by atoms with Gasteiger partial charge >= 0.3 is 0 Å². The Morgan fingerprint density at radius 3 is 2.50 bits per heavy atom. The highest BCUT2D eigenvalue weighted by Gasteiger charge is 2.34. The minimum Gasteiger partial charge on any atom is -0.321 e. The molecule has 0 saturated heterocycles. The Labute approximate surface area is 106 Å². The zero-order chi connectivity index (χ0) is 11.8. The van der Waals surface area contributed by atoms with Gasteiger partial charge in [-0.25, -0.2) is 0 Å². The van der Waals surface area contributed by atoms with E-state index in [1.807, 2.05) is 0 Å². The molecule has 1 aromatic rings. The molecule has 0 unspecified atom stereocenters. The normalized spacial score (nSPS) is 18.6. The second-order valence-corrected chi connectivity index (χ2v) is 5.91. The molecule has 0 radical (unpaired) electrons. The third-order valence-electron chi connectivity index (χ3n) is 3.36. The van der Waals surface area contributed by atoms with Crippen molar-refractivity contribution in [1.29, 1.82) is 0 Å². The smallest absolute Gasteiger partial charge is 0.0410 e. The first kappa shape index (κ1) is 12.1. The summed E-state index contributed by atoms with van der Waals surface area (Å²) in [5, 5.41) is 0. The molecule has 0 spiro atoms. The molecule has 0 heterocycles. The van der Waals surface area contributed by atoms with Crippen LogP contribution in [0.25, 0.3) is 0 Å². The summed E-state index contributed by atoms with van der Waals surface area (Å²) < 4.78 is 1.18. The summed E-state index contributed by atoms with van der Waals surface area (Å²) in [7, 11) is 4.16. The molecule has 0 atom stereocenters. The number of rotatable bonds is 3. The maximum absolute atomic E-state index is 6.31. The summed E-state index contributed by atoms with van der Waals surface area (Å²) in [4.78, 5) is 2.17. The molecule has 1 aliphatic rings. The number of nitrogens with two attached hydrogens (primary N) is 1. The number of hydrogen-bond donors (Lipinski definition) is 1. The molecule has 0 aromatic heterocycles. The Balaban J connectivity index is 2.22. The minimum atomic E-state index is -0.0564. The van der Waals surface area contributed by atoms with E-state index in [1.165, 1.54) is 22.0 Å². The van der Waals surface area contributed by atoms with Crippen LogP contribution < -0.4 is 5.73 Å². The Hall–Kier alpha value is -0.380. The molecule has 2 rings (SSSR count). The summed E-state index contributed by atoms with van der Waals surface area (Å²) in [6.45, 7) is 0.957. The molecule has 88 valence electrons. The molecule has 1 saturated carbocycles. The van der Waals surface area contributed by atoms with Gasteiger partial charge in [0.25, 0.3) is 0 Å². The highest BCUT2D eigenvalue weighted by Crippen LogP contribution is 2.39. The fourth-order valence-corrected chi connectivity index (χ4v) is 2.68. The summed E-state index contributed by atoms with van der Waals surface area (Å²) in [6, 6.07) is 6.56. The first-order valence-corrected chi connectivity index (χ1v) is 6.53. The molecule has 0 aliphatic heterocycles. The lowest BCUT2D eigenvalue weighted by Gasteiger charge is -2.39. The van der Waals surface area contributed by atoms with Crippen LogP contribution in [-0.4, -0.2) is 19.0 Å². The molecule has 3 heteroatoms. The summed E-state index contributed by atoms with van der Waals surface area (Å²) in [6.07, 6.45) is 3.49. The minimum absolute atomic E-state index is 0.0564. The van der Waals surface area contributed by atoms with E-state index in [-0.39, 0.29) is 5.54 Å². The third-order valence-corrected chi connectivity index (χ3v) is 4.10. The van der Waals surface area contributed by atoms with E-state index in [0.29, 0.717) is 0 Å². The lowest BCUT2D eigenvalue weighted by Crippen LogP contribution is -2.43. The first-order valence-electron chi connectivity index (χ1n) is 5.74. The van der Waals surface area contributed by atoms with Gasteiger partial charge in [0.2, 0.25) is 0 Å². The monoisotopic (exact) mass is 282 g/mol. The van der Waals surface area contributed by atoms with E-state index in [0.717, 1.165) is 19.4 Å². The van der Waals surface area contributed by atoms with Gasteiger partial charge in [0.05, 0.1) is 0 Å². The predicted octanol–water partition coefficient (Wildman–Crippen LogP) is 2.85. The third kappa shape index (κ3) is 2.31. The molecular weight excluding hydrogens is 264 g/mol.